The van der Waals surface area contributed by atoms with Crippen molar-refractivity contribution in [2.75, 3.05) is 0 Å². The third kappa shape index (κ3) is 2.34. The second-order valence-corrected chi connectivity index (χ2v) is 5.65. The molecule has 0 heterocycles. The van der Waals surface area contributed by atoms with Crippen molar-refractivity contribution in [3.8, 4) is 0 Å². The van der Waals surface area contributed by atoms with Crippen molar-refractivity contribution in [1.29, 1.82) is 0 Å². The Bertz CT molecular complexity index is 456. The van der Waals surface area contributed by atoms with Gasteiger partial charge in [-0.15, -0.1) is 0 Å². The predicted octanol–water partition coefficient (Wildman–Crippen LogP) is 0.795. The van der Waals surface area contributed by atoms with Crippen LogP contribution in [-0.4, -0.2) is 13.8 Å². The molecule has 0 aliphatic carbocycles. The van der Waals surface area contributed by atoms with Gasteiger partial charge in [-0.25, -0.2) is 8.78 Å². The fraction of sp³-hybridized carbons (Fsp3) is 0. The average molecular weight is 236 g/mol. The van der Waals surface area contributed by atoms with Gasteiger partial charge in [0.25, 0.3) is 0 Å². The van der Waals surface area contributed by atoms with Crippen LogP contribution < -0.4 is 10.4 Å². The molecule has 82 valence electrons. The van der Waals surface area contributed by atoms with Crippen molar-refractivity contribution in [3.05, 3.63) is 60.2 Å². The first-order valence-corrected chi connectivity index (χ1v) is 6.53. The molecule has 2 aromatic rings. The Morgan fingerprint density at radius 2 is 1.25 bits per heavy atom. The van der Waals surface area contributed by atoms with Crippen LogP contribution in [0.15, 0.2) is 48.5 Å². The Morgan fingerprint density at radius 3 is 1.62 bits per heavy atom. The van der Waals surface area contributed by atoms with Gasteiger partial charge in [0.2, 0.25) is 9.04 Å². The van der Waals surface area contributed by atoms with E-state index in [0.29, 0.717) is 10.4 Å². The summed E-state index contributed by atoms with van der Waals surface area (Å²) in [7, 11) is -2.45. The fourth-order valence-electron chi connectivity index (χ4n) is 1.55. The molecule has 0 saturated heterocycles. The van der Waals surface area contributed by atoms with Gasteiger partial charge < -0.3 is 4.80 Å². The van der Waals surface area contributed by atoms with E-state index in [1.165, 1.54) is 24.3 Å². The molecule has 0 saturated carbocycles. The second kappa shape index (κ2) is 4.55. The van der Waals surface area contributed by atoms with Gasteiger partial charge in [-0.05, 0) is 34.6 Å². The lowest BCUT2D eigenvalue weighted by Crippen LogP contribution is -2.42. The van der Waals surface area contributed by atoms with Gasteiger partial charge in [0.1, 0.15) is 11.6 Å². The van der Waals surface area contributed by atoms with E-state index in [-0.39, 0.29) is 11.6 Å². The summed E-state index contributed by atoms with van der Waals surface area (Å²) in [6.45, 7) is 0. The maximum Gasteiger partial charge on any atom is 0.236 e. The van der Waals surface area contributed by atoms with Crippen molar-refractivity contribution in [2.24, 2.45) is 0 Å². The van der Waals surface area contributed by atoms with E-state index in [1.807, 2.05) is 0 Å². The summed E-state index contributed by atoms with van der Waals surface area (Å²) in [6, 6.07) is 11.6. The Morgan fingerprint density at radius 1 is 0.812 bits per heavy atom. The number of halogens is 2. The van der Waals surface area contributed by atoms with Crippen LogP contribution in [0.25, 0.3) is 0 Å². The summed E-state index contributed by atoms with van der Waals surface area (Å²) < 4.78 is 25.9. The molecule has 0 unspecified atom stereocenters. The monoisotopic (exact) mass is 236 g/mol. The minimum Gasteiger partial charge on any atom is -0.426 e. The van der Waals surface area contributed by atoms with Crippen LogP contribution in [-0.2, 0) is 0 Å². The Kier molecular flexibility index (Phi) is 3.12. The fourth-order valence-corrected chi connectivity index (χ4v) is 3.15. The zero-order valence-corrected chi connectivity index (χ0v) is 9.55. The third-order valence-electron chi connectivity index (χ3n) is 2.33. The molecule has 0 aliphatic rings. The molecule has 2 rings (SSSR count). The van der Waals surface area contributed by atoms with Crippen molar-refractivity contribution in [3.63, 3.8) is 0 Å². The molecule has 0 amide bonds. The summed E-state index contributed by atoms with van der Waals surface area (Å²) in [5, 5.41) is 1.09. The van der Waals surface area contributed by atoms with E-state index >= 15 is 0 Å². The molecule has 4 heteroatoms. The van der Waals surface area contributed by atoms with Gasteiger partial charge >= 0.3 is 0 Å². The minimum absolute atomic E-state index is 0.388. The van der Waals surface area contributed by atoms with Gasteiger partial charge in [0, 0.05) is 0 Å². The molecule has 0 atom stereocenters. The van der Waals surface area contributed by atoms with E-state index in [2.05, 4.69) is 0 Å². The lowest BCUT2D eigenvalue weighted by molar-refractivity contribution is 0.595. The summed E-state index contributed by atoms with van der Waals surface area (Å²) in [5.41, 5.74) is 0. The molecule has 0 spiro atoms. The van der Waals surface area contributed by atoms with Crippen LogP contribution in [0.2, 0.25) is 0 Å². The number of hydrogen-bond donors (Lipinski definition) is 1. The minimum atomic E-state index is -2.45. The smallest absolute Gasteiger partial charge is 0.236 e. The number of rotatable bonds is 2. The van der Waals surface area contributed by atoms with E-state index in [0.717, 1.165) is 0 Å². The number of hydrogen-bond acceptors (Lipinski definition) is 1. The van der Waals surface area contributed by atoms with Crippen molar-refractivity contribution >= 4 is 19.4 Å². The molecule has 1 nitrogen and oxygen atoms in total. The van der Waals surface area contributed by atoms with Crippen LogP contribution in [0.5, 0.6) is 0 Å². The largest absolute Gasteiger partial charge is 0.426 e. The molecule has 0 fully saturated rings. The van der Waals surface area contributed by atoms with Crippen molar-refractivity contribution in [2.45, 2.75) is 0 Å². The molecule has 0 radical (unpaired) electrons. The third-order valence-corrected chi connectivity index (χ3v) is 4.31. The summed E-state index contributed by atoms with van der Waals surface area (Å²) in [5.74, 6) is -0.777. The Labute approximate surface area is 93.7 Å². The maximum atomic E-state index is 13.0. The molecule has 1 N–H and O–H groups in total. The van der Waals surface area contributed by atoms with Crippen molar-refractivity contribution < 1.29 is 13.6 Å². The van der Waals surface area contributed by atoms with Gasteiger partial charge in [-0.1, -0.05) is 24.3 Å². The molecular weight excluding hydrogens is 226 g/mol. The molecular formula is C12H10F2OSi. The van der Waals surface area contributed by atoms with Gasteiger partial charge in [-0.2, -0.15) is 0 Å². The molecule has 0 aromatic heterocycles. The van der Waals surface area contributed by atoms with Crippen molar-refractivity contribution in [1.82, 2.24) is 0 Å². The first-order valence-electron chi connectivity index (χ1n) is 4.86. The maximum absolute atomic E-state index is 13.0. The van der Waals surface area contributed by atoms with Crippen LogP contribution in [0.4, 0.5) is 8.78 Å². The number of benzene rings is 2. The molecule has 16 heavy (non-hydrogen) atoms. The van der Waals surface area contributed by atoms with Crippen LogP contribution in [0.1, 0.15) is 0 Å². The van der Waals surface area contributed by atoms with Gasteiger partial charge in [0.05, 0.1) is 0 Å². The molecule has 0 aliphatic heterocycles. The van der Waals surface area contributed by atoms with E-state index in [1.54, 1.807) is 24.3 Å². The lowest BCUT2D eigenvalue weighted by Gasteiger charge is -2.09. The Hall–Kier alpha value is -1.52. The highest BCUT2D eigenvalue weighted by Gasteiger charge is 2.14. The highest BCUT2D eigenvalue weighted by atomic mass is 28.3. The first-order chi connectivity index (χ1) is 7.66. The highest BCUT2D eigenvalue weighted by Crippen LogP contribution is 1.97. The average Bonchev–Trinajstić information content (AvgIpc) is 2.28. The molecule has 0 bridgehead atoms. The second-order valence-electron chi connectivity index (χ2n) is 3.51. The quantitative estimate of drug-likeness (QED) is 0.765. The van der Waals surface area contributed by atoms with E-state index in [4.69, 9.17) is 0 Å². The zero-order chi connectivity index (χ0) is 11.5. The zero-order valence-electron chi connectivity index (χ0n) is 8.40. The SMILES string of the molecule is O[SiH](c1cccc(F)c1)c1cccc(F)c1. The van der Waals surface area contributed by atoms with Gasteiger partial charge in [0.15, 0.2) is 0 Å². The summed E-state index contributed by atoms with van der Waals surface area (Å²) in [4.78, 5) is 10.0. The normalized spacial score (nSPS) is 10.8. The summed E-state index contributed by atoms with van der Waals surface area (Å²) in [6.07, 6.45) is 0. The van der Waals surface area contributed by atoms with E-state index < -0.39 is 9.04 Å². The lowest BCUT2D eigenvalue weighted by atomic mass is 10.3. The highest BCUT2D eigenvalue weighted by molar-refractivity contribution is 6.78. The van der Waals surface area contributed by atoms with Gasteiger partial charge in [-0.3, -0.25) is 0 Å². The predicted molar refractivity (Wildman–Crippen MR) is 61.4 cm³/mol. The molecule has 2 aromatic carbocycles. The van der Waals surface area contributed by atoms with Crippen LogP contribution in [0.3, 0.4) is 0 Å². The first kappa shape index (κ1) is 11.0. The Balaban J connectivity index is 2.35. The standard InChI is InChI=1S/C12H10F2OSi/c13-9-3-1-5-11(7-9)16(15)12-6-2-4-10(14)8-12/h1-8,15-16H. The van der Waals surface area contributed by atoms with Crippen LogP contribution in [0, 0.1) is 11.6 Å². The topological polar surface area (TPSA) is 20.2 Å². The summed E-state index contributed by atoms with van der Waals surface area (Å²) >= 11 is 0. The van der Waals surface area contributed by atoms with E-state index in [9.17, 15) is 13.6 Å². The van der Waals surface area contributed by atoms with Crippen LogP contribution >= 0.6 is 0 Å².